The van der Waals surface area contributed by atoms with Crippen molar-refractivity contribution in [1.29, 1.82) is 0 Å². The van der Waals surface area contributed by atoms with Crippen LogP contribution in [0.3, 0.4) is 0 Å². The molecule has 0 N–H and O–H groups in total. The van der Waals surface area contributed by atoms with E-state index in [1.54, 1.807) is 0 Å². The van der Waals surface area contributed by atoms with Crippen molar-refractivity contribution in [2.24, 2.45) is 0 Å². The third-order valence-electron chi connectivity index (χ3n) is 2.16. The Morgan fingerprint density at radius 3 is 2.13 bits per heavy atom. The minimum atomic E-state index is -3.50. The highest BCUT2D eigenvalue weighted by Crippen LogP contribution is 2.21. The van der Waals surface area contributed by atoms with Gasteiger partial charge in [-0.25, -0.2) is 8.42 Å². The van der Waals surface area contributed by atoms with Gasteiger partial charge in [0.2, 0.25) is 10.0 Å². The third-order valence-corrected chi connectivity index (χ3v) is 4.21. The predicted octanol–water partition coefficient (Wildman–Crippen LogP) is 0.913. The van der Waals surface area contributed by atoms with Gasteiger partial charge in [-0.05, 0) is 24.3 Å². The second kappa shape index (κ2) is 3.59. The highest BCUT2D eigenvalue weighted by Gasteiger charge is 2.35. The van der Waals surface area contributed by atoms with Gasteiger partial charge in [0.25, 0.3) is 0 Å². The van der Waals surface area contributed by atoms with Crippen molar-refractivity contribution >= 4 is 27.4 Å². The normalized spacial score (nSPS) is 17.5. The standard InChI is InChI=1S/C9H8ClNO3S/c10-7-1-3-9(4-2-7)15(13,14)11-5-8(12)6-11/h1-4H,5-6H2. The van der Waals surface area contributed by atoms with Crippen LogP contribution in [-0.2, 0) is 14.8 Å². The molecule has 6 heteroatoms. The Kier molecular flexibility index (Phi) is 2.54. The predicted molar refractivity (Wildman–Crippen MR) is 55.2 cm³/mol. The first-order valence-electron chi connectivity index (χ1n) is 4.27. The monoisotopic (exact) mass is 245 g/mol. The minimum absolute atomic E-state index is 0.0229. The molecule has 15 heavy (non-hydrogen) atoms. The van der Waals surface area contributed by atoms with E-state index in [9.17, 15) is 13.2 Å². The molecule has 0 amide bonds. The fraction of sp³-hybridized carbons (Fsp3) is 0.222. The summed E-state index contributed by atoms with van der Waals surface area (Å²) < 4.78 is 24.7. The molecule has 1 aliphatic rings. The number of Topliss-reactive ketones (excluding diaryl/α,β-unsaturated/α-hetero) is 1. The number of ketones is 1. The molecular formula is C9H8ClNO3S. The topological polar surface area (TPSA) is 54.5 Å². The zero-order valence-corrected chi connectivity index (χ0v) is 9.25. The lowest BCUT2D eigenvalue weighted by Crippen LogP contribution is -2.50. The molecule has 1 heterocycles. The van der Waals surface area contributed by atoms with Gasteiger partial charge >= 0.3 is 0 Å². The average Bonchev–Trinajstić information content (AvgIpc) is 2.13. The second-order valence-electron chi connectivity index (χ2n) is 3.27. The zero-order valence-electron chi connectivity index (χ0n) is 7.68. The molecule has 0 aromatic heterocycles. The molecular weight excluding hydrogens is 238 g/mol. The maximum atomic E-state index is 11.8. The number of sulfonamides is 1. The molecule has 1 saturated heterocycles. The van der Waals surface area contributed by atoms with Crippen molar-refractivity contribution in [2.75, 3.05) is 13.1 Å². The number of hydrogen-bond acceptors (Lipinski definition) is 3. The van der Waals surface area contributed by atoms with E-state index >= 15 is 0 Å². The summed E-state index contributed by atoms with van der Waals surface area (Å²) >= 11 is 5.65. The first-order chi connectivity index (χ1) is 7.00. The molecule has 80 valence electrons. The van der Waals surface area contributed by atoms with E-state index in [0.717, 1.165) is 4.31 Å². The van der Waals surface area contributed by atoms with Gasteiger partial charge in [-0.15, -0.1) is 0 Å². The van der Waals surface area contributed by atoms with Crippen LogP contribution in [0.2, 0.25) is 5.02 Å². The van der Waals surface area contributed by atoms with Gasteiger partial charge in [0.1, 0.15) is 0 Å². The maximum Gasteiger partial charge on any atom is 0.243 e. The fourth-order valence-corrected chi connectivity index (χ4v) is 2.80. The number of benzene rings is 1. The van der Waals surface area contributed by atoms with Crippen molar-refractivity contribution in [1.82, 2.24) is 4.31 Å². The Morgan fingerprint density at radius 1 is 1.13 bits per heavy atom. The van der Waals surface area contributed by atoms with Crippen LogP contribution in [0.4, 0.5) is 0 Å². The number of carbonyl (C=O) groups excluding carboxylic acids is 1. The molecule has 0 saturated carbocycles. The Balaban J connectivity index is 2.30. The smallest absolute Gasteiger partial charge is 0.243 e. The van der Waals surface area contributed by atoms with E-state index in [2.05, 4.69) is 0 Å². The van der Waals surface area contributed by atoms with E-state index in [-0.39, 0.29) is 23.8 Å². The summed E-state index contributed by atoms with van der Waals surface area (Å²) in [6, 6.07) is 5.88. The Morgan fingerprint density at radius 2 is 1.67 bits per heavy atom. The van der Waals surface area contributed by atoms with E-state index < -0.39 is 10.0 Å². The van der Waals surface area contributed by atoms with Crippen LogP contribution in [0.15, 0.2) is 29.2 Å². The van der Waals surface area contributed by atoms with Gasteiger partial charge in [0, 0.05) is 5.02 Å². The number of rotatable bonds is 2. The van der Waals surface area contributed by atoms with Crippen molar-refractivity contribution < 1.29 is 13.2 Å². The van der Waals surface area contributed by atoms with Crippen LogP contribution >= 0.6 is 11.6 Å². The van der Waals surface area contributed by atoms with Crippen LogP contribution in [0.5, 0.6) is 0 Å². The lowest BCUT2D eigenvalue weighted by molar-refractivity contribution is -0.125. The summed E-state index contributed by atoms with van der Waals surface area (Å²) in [6.45, 7) is -0.0457. The number of carbonyl (C=O) groups is 1. The Hall–Kier alpha value is -0.910. The second-order valence-corrected chi connectivity index (χ2v) is 5.64. The van der Waals surface area contributed by atoms with Crippen LogP contribution in [0.1, 0.15) is 0 Å². The molecule has 0 bridgehead atoms. The molecule has 2 rings (SSSR count). The van der Waals surface area contributed by atoms with Gasteiger partial charge in [-0.3, -0.25) is 4.79 Å². The maximum absolute atomic E-state index is 11.8. The molecule has 1 aromatic rings. The van der Waals surface area contributed by atoms with Crippen LogP contribution < -0.4 is 0 Å². The summed E-state index contributed by atoms with van der Waals surface area (Å²) in [6.07, 6.45) is 0. The number of halogens is 1. The fourth-order valence-electron chi connectivity index (χ4n) is 1.27. The minimum Gasteiger partial charge on any atom is -0.297 e. The molecule has 0 atom stereocenters. The molecule has 0 radical (unpaired) electrons. The SMILES string of the molecule is O=C1CN(S(=O)(=O)c2ccc(Cl)cc2)C1. The third kappa shape index (κ3) is 1.90. The summed E-state index contributed by atoms with van der Waals surface area (Å²) in [4.78, 5) is 10.9. The summed E-state index contributed by atoms with van der Waals surface area (Å²) in [5, 5.41) is 0.480. The molecule has 1 aromatic carbocycles. The summed E-state index contributed by atoms with van der Waals surface area (Å²) in [5.74, 6) is -0.0625. The van der Waals surface area contributed by atoms with Crippen LogP contribution in [-0.4, -0.2) is 31.6 Å². The summed E-state index contributed by atoms with van der Waals surface area (Å²) in [7, 11) is -3.50. The van der Waals surface area contributed by atoms with E-state index in [0.29, 0.717) is 5.02 Å². The first kappa shape index (κ1) is 10.6. The first-order valence-corrected chi connectivity index (χ1v) is 6.09. The van der Waals surface area contributed by atoms with Crippen molar-refractivity contribution in [3.8, 4) is 0 Å². The zero-order chi connectivity index (χ0) is 11.1. The van der Waals surface area contributed by atoms with Crippen molar-refractivity contribution in [3.63, 3.8) is 0 Å². The molecule has 1 fully saturated rings. The van der Waals surface area contributed by atoms with Gasteiger partial charge in [0.15, 0.2) is 5.78 Å². The number of hydrogen-bond donors (Lipinski definition) is 0. The molecule has 0 spiro atoms. The summed E-state index contributed by atoms with van der Waals surface area (Å²) in [5.41, 5.74) is 0. The molecule has 1 aliphatic heterocycles. The number of nitrogens with zero attached hydrogens (tertiary/aromatic N) is 1. The Bertz CT molecular complexity index is 487. The molecule has 0 aliphatic carbocycles. The highest BCUT2D eigenvalue weighted by molar-refractivity contribution is 7.89. The lowest BCUT2D eigenvalue weighted by atomic mass is 10.3. The van der Waals surface area contributed by atoms with E-state index in [4.69, 9.17) is 11.6 Å². The lowest BCUT2D eigenvalue weighted by Gasteiger charge is -2.28. The van der Waals surface area contributed by atoms with E-state index in [1.807, 2.05) is 0 Å². The Labute approximate surface area is 92.5 Å². The van der Waals surface area contributed by atoms with Crippen LogP contribution in [0.25, 0.3) is 0 Å². The van der Waals surface area contributed by atoms with Crippen molar-refractivity contribution in [3.05, 3.63) is 29.3 Å². The van der Waals surface area contributed by atoms with Crippen LogP contribution in [0, 0.1) is 0 Å². The van der Waals surface area contributed by atoms with Gasteiger partial charge < -0.3 is 0 Å². The largest absolute Gasteiger partial charge is 0.297 e. The molecule has 4 nitrogen and oxygen atoms in total. The highest BCUT2D eigenvalue weighted by atomic mass is 35.5. The molecule has 0 unspecified atom stereocenters. The van der Waals surface area contributed by atoms with E-state index in [1.165, 1.54) is 24.3 Å². The average molecular weight is 246 g/mol. The van der Waals surface area contributed by atoms with Gasteiger partial charge in [-0.1, -0.05) is 11.6 Å². The van der Waals surface area contributed by atoms with Gasteiger partial charge in [-0.2, -0.15) is 4.31 Å². The van der Waals surface area contributed by atoms with Crippen molar-refractivity contribution in [2.45, 2.75) is 4.90 Å². The van der Waals surface area contributed by atoms with Gasteiger partial charge in [0.05, 0.1) is 18.0 Å². The quantitative estimate of drug-likeness (QED) is 0.778.